The van der Waals surface area contributed by atoms with Crippen LogP contribution >= 0.6 is 0 Å². The van der Waals surface area contributed by atoms with Crippen LogP contribution in [0.15, 0.2) is 84.1 Å². The second-order valence-electron chi connectivity index (χ2n) is 8.59. The molecular formula is C30H27FN2O3. The lowest BCUT2D eigenvalue weighted by Crippen LogP contribution is -2.06. The second kappa shape index (κ2) is 11.0. The van der Waals surface area contributed by atoms with E-state index in [1.165, 1.54) is 13.2 Å². The van der Waals surface area contributed by atoms with Crippen molar-refractivity contribution in [2.75, 3.05) is 7.11 Å². The van der Waals surface area contributed by atoms with E-state index in [1.54, 1.807) is 18.3 Å². The van der Waals surface area contributed by atoms with Gasteiger partial charge < -0.3 is 9.94 Å². The summed E-state index contributed by atoms with van der Waals surface area (Å²) >= 11 is 0. The predicted octanol–water partition coefficient (Wildman–Crippen LogP) is 6.77. The number of hydrogen-bond donors (Lipinski definition) is 1. The van der Waals surface area contributed by atoms with E-state index >= 15 is 0 Å². The number of hydrogen-bond acceptors (Lipinski definition) is 5. The van der Waals surface area contributed by atoms with Crippen molar-refractivity contribution in [3.63, 3.8) is 0 Å². The minimum Gasteiger partial charge on any atom is -0.465 e. The van der Waals surface area contributed by atoms with Crippen molar-refractivity contribution >= 4 is 11.7 Å². The number of aromatic nitrogens is 1. The molecule has 3 aromatic carbocycles. The zero-order chi connectivity index (χ0) is 25.7. The molecule has 1 heterocycles. The SMILES string of the molecule is COC(=O)c1ccc(-c2ccc(CC/C(=N/O)c3cccc(-c4ccnc(C)c4)c3C)cc2)c(F)c1. The molecule has 0 unspecified atom stereocenters. The first kappa shape index (κ1) is 24.8. The lowest BCUT2D eigenvalue weighted by molar-refractivity contribution is 0.0600. The molecule has 0 amide bonds. The zero-order valence-corrected chi connectivity index (χ0v) is 20.5. The summed E-state index contributed by atoms with van der Waals surface area (Å²) < 4.78 is 19.2. The van der Waals surface area contributed by atoms with Crippen LogP contribution < -0.4 is 0 Å². The Labute approximate surface area is 209 Å². The van der Waals surface area contributed by atoms with Gasteiger partial charge in [0.1, 0.15) is 5.82 Å². The Hall–Kier alpha value is -4.32. The normalized spacial score (nSPS) is 11.4. The highest BCUT2D eigenvalue weighted by molar-refractivity contribution is 6.03. The first-order valence-electron chi connectivity index (χ1n) is 11.6. The molecule has 0 saturated carbocycles. The minimum atomic E-state index is -0.575. The summed E-state index contributed by atoms with van der Waals surface area (Å²) in [4.78, 5) is 15.9. The summed E-state index contributed by atoms with van der Waals surface area (Å²) in [5.41, 5.74) is 7.95. The number of carbonyl (C=O) groups is 1. The third kappa shape index (κ3) is 5.33. The number of esters is 1. The van der Waals surface area contributed by atoms with Crippen LogP contribution in [0.2, 0.25) is 0 Å². The summed E-state index contributed by atoms with van der Waals surface area (Å²) in [6, 6.07) is 21.9. The molecule has 0 aliphatic heterocycles. The Morgan fingerprint density at radius 3 is 2.42 bits per heavy atom. The Kier molecular flexibility index (Phi) is 7.54. The first-order valence-corrected chi connectivity index (χ1v) is 11.6. The number of halogens is 1. The van der Waals surface area contributed by atoms with Gasteiger partial charge in [0.2, 0.25) is 0 Å². The zero-order valence-electron chi connectivity index (χ0n) is 20.5. The number of carbonyl (C=O) groups excluding carboxylic acids is 1. The lowest BCUT2D eigenvalue weighted by Gasteiger charge is -2.13. The van der Waals surface area contributed by atoms with Crippen LogP contribution in [0.4, 0.5) is 4.39 Å². The molecule has 0 aliphatic rings. The standard InChI is InChI=1S/C30H27FN2O3/c1-19-17-23(15-16-32-19)25-5-4-6-26(20(25)2)29(33-35)14-9-21-7-10-22(11-8-21)27-13-12-24(18-28(27)31)30(34)36-3/h4-8,10-13,15-18,35H,9,14H2,1-3H3/b33-29-. The first-order chi connectivity index (χ1) is 17.4. The molecule has 0 fully saturated rings. The van der Waals surface area contributed by atoms with Crippen LogP contribution in [-0.4, -0.2) is 29.0 Å². The fourth-order valence-corrected chi connectivity index (χ4v) is 4.32. The van der Waals surface area contributed by atoms with Crippen LogP contribution in [-0.2, 0) is 11.2 Å². The van der Waals surface area contributed by atoms with Gasteiger partial charge in [-0.15, -0.1) is 0 Å². The van der Waals surface area contributed by atoms with E-state index in [0.717, 1.165) is 33.5 Å². The number of rotatable bonds is 7. The van der Waals surface area contributed by atoms with Gasteiger partial charge in [-0.25, -0.2) is 9.18 Å². The average Bonchev–Trinajstić information content (AvgIpc) is 2.89. The quantitative estimate of drug-likeness (QED) is 0.137. The van der Waals surface area contributed by atoms with E-state index in [1.807, 2.05) is 62.4 Å². The molecule has 0 atom stereocenters. The van der Waals surface area contributed by atoms with E-state index in [4.69, 9.17) is 0 Å². The number of oxime groups is 1. The maximum absolute atomic E-state index is 14.6. The van der Waals surface area contributed by atoms with E-state index in [-0.39, 0.29) is 5.56 Å². The monoisotopic (exact) mass is 482 g/mol. The highest BCUT2D eigenvalue weighted by Gasteiger charge is 2.14. The van der Waals surface area contributed by atoms with Gasteiger partial charge in [-0.1, -0.05) is 53.7 Å². The molecule has 0 bridgehead atoms. The van der Waals surface area contributed by atoms with Gasteiger partial charge in [-0.3, -0.25) is 4.98 Å². The van der Waals surface area contributed by atoms with E-state index in [9.17, 15) is 14.4 Å². The van der Waals surface area contributed by atoms with E-state index in [2.05, 4.69) is 20.9 Å². The molecule has 0 radical (unpaired) electrons. The molecule has 0 saturated heterocycles. The maximum Gasteiger partial charge on any atom is 0.337 e. The Bertz CT molecular complexity index is 1430. The molecule has 0 spiro atoms. The minimum absolute atomic E-state index is 0.171. The van der Waals surface area contributed by atoms with Crippen LogP contribution in [0.1, 0.15) is 39.2 Å². The predicted molar refractivity (Wildman–Crippen MR) is 139 cm³/mol. The van der Waals surface area contributed by atoms with Gasteiger partial charge in [0.25, 0.3) is 0 Å². The van der Waals surface area contributed by atoms with E-state index < -0.39 is 11.8 Å². The number of ether oxygens (including phenoxy) is 1. The number of nitrogens with zero attached hydrogens (tertiary/aromatic N) is 2. The molecule has 6 heteroatoms. The summed E-state index contributed by atoms with van der Waals surface area (Å²) in [6.07, 6.45) is 2.99. The number of methoxy groups -OCH3 is 1. The number of pyridine rings is 1. The second-order valence-corrected chi connectivity index (χ2v) is 8.59. The van der Waals surface area contributed by atoms with Crippen molar-refractivity contribution in [2.45, 2.75) is 26.7 Å². The molecule has 4 rings (SSSR count). The molecule has 1 N–H and O–H groups in total. The van der Waals surface area contributed by atoms with Gasteiger partial charge in [-0.2, -0.15) is 0 Å². The fraction of sp³-hybridized carbons (Fsp3) is 0.167. The molecule has 4 aromatic rings. The van der Waals surface area contributed by atoms with Crippen LogP contribution in [0, 0.1) is 19.7 Å². The van der Waals surface area contributed by atoms with Crippen molar-refractivity contribution in [1.82, 2.24) is 4.98 Å². The van der Waals surface area contributed by atoms with Crippen LogP contribution in [0.25, 0.3) is 22.3 Å². The summed E-state index contributed by atoms with van der Waals surface area (Å²) in [6.45, 7) is 3.99. The van der Waals surface area contributed by atoms with Crippen LogP contribution in [0.3, 0.4) is 0 Å². The van der Waals surface area contributed by atoms with Crippen molar-refractivity contribution < 1.29 is 19.1 Å². The smallest absolute Gasteiger partial charge is 0.337 e. The fourth-order valence-electron chi connectivity index (χ4n) is 4.32. The number of benzene rings is 3. The van der Waals surface area contributed by atoms with E-state index in [0.29, 0.717) is 29.7 Å². The highest BCUT2D eigenvalue weighted by Crippen LogP contribution is 2.28. The molecule has 36 heavy (non-hydrogen) atoms. The maximum atomic E-state index is 14.6. The summed E-state index contributed by atoms with van der Waals surface area (Å²) in [5.74, 6) is -1.06. The average molecular weight is 483 g/mol. The molecule has 5 nitrogen and oxygen atoms in total. The van der Waals surface area contributed by atoms with Crippen molar-refractivity contribution in [1.29, 1.82) is 0 Å². The molecular weight excluding hydrogens is 455 g/mol. The summed E-state index contributed by atoms with van der Waals surface area (Å²) in [7, 11) is 1.26. The molecule has 1 aromatic heterocycles. The van der Waals surface area contributed by atoms with Gasteiger partial charge in [0.05, 0.1) is 18.4 Å². The molecule has 0 aliphatic carbocycles. The third-order valence-corrected chi connectivity index (χ3v) is 6.28. The Morgan fingerprint density at radius 1 is 0.972 bits per heavy atom. The van der Waals surface area contributed by atoms with Gasteiger partial charge in [-0.05, 0) is 78.8 Å². The Balaban J connectivity index is 1.50. The van der Waals surface area contributed by atoms with Gasteiger partial charge in [0, 0.05) is 23.0 Å². The topological polar surface area (TPSA) is 71.8 Å². The largest absolute Gasteiger partial charge is 0.465 e. The molecule has 182 valence electrons. The van der Waals surface area contributed by atoms with Crippen molar-refractivity contribution in [3.8, 4) is 22.3 Å². The summed E-state index contributed by atoms with van der Waals surface area (Å²) in [5, 5.41) is 13.4. The van der Waals surface area contributed by atoms with Crippen molar-refractivity contribution in [2.24, 2.45) is 5.16 Å². The lowest BCUT2D eigenvalue weighted by atomic mass is 9.92. The van der Waals surface area contributed by atoms with Crippen molar-refractivity contribution in [3.05, 3.63) is 113 Å². The van der Waals surface area contributed by atoms with Gasteiger partial charge in [0.15, 0.2) is 0 Å². The number of aryl methyl sites for hydroxylation is 2. The third-order valence-electron chi connectivity index (χ3n) is 6.28. The van der Waals surface area contributed by atoms with Crippen LogP contribution in [0.5, 0.6) is 0 Å². The Morgan fingerprint density at radius 2 is 1.75 bits per heavy atom. The van der Waals surface area contributed by atoms with Gasteiger partial charge >= 0.3 is 5.97 Å². The highest BCUT2D eigenvalue weighted by atomic mass is 19.1.